The van der Waals surface area contributed by atoms with Gasteiger partial charge in [0, 0.05) is 52.2 Å². The normalized spacial score (nSPS) is 19.8. The van der Waals surface area contributed by atoms with Crippen LogP contribution in [0.25, 0.3) is 0 Å². The van der Waals surface area contributed by atoms with Gasteiger partial charge in [0.25, 0.3) is 0 Å². The van der Waals surface area contributed by atoms with Crippen LogP contribution in [-0.4, -0.2) is 69.3 Å². The lowest BCUT2D eigenvalue weighted by Gasteiger charge is -2.36. The zero-order valence-electron chi connectivity index (χ0n) is 16.0. The molecular formula is C20H29N3O4. The average molecular weight is 375 g/mol. The third-order valence-electron chi connectivity index (χ3n) is 5.18. The summed E-state index contributed by atoms with van der Waals surface area (Å²) in [5.41, 5.74) is 1.06. The molecule has 2 aliphatic rings. The van der Waals surface area contributed by atoms with Gasteiger partial charge in [-0.3, -0.25) is 9.59 Å². The van der Waals surface area contributed by atoms with Crippen molar-refractivity contribution in [2.75, 3.05) is 51.3 Å². The smallest absolute Gasteiger partial charge is 0.223 e. The third kappa shape index (κ3) is 5.35. The van der Waals surface area contributed by atoms with Crippen molar-refractivity contribution in [2.45, 2.75) is 31.8 Å². The minimum atomic E-state index is -0.0773. The topological polar surface area (TPSA) is 71.1 Å². The van der Waals surface area contributed by atoms with Gasteiger partial charge in [-0.05, 0) is 25.0 Å². The van der Waals surface area contributed by atoms with Gasteiger partial charge >= 0.3 is 0 Å². The van der Waals surface area contributed by atoms with Crippen molar-refractivity contribution in [3.05, 3.63) is 24.3 Å². The summed E-state index contributed by atoms with van der Waals surface area (Å²) < 4.78 is 10.9. The maximum Gasteiger partial charge on any atom is 0.223 e. The molecule has 0 saturated carbocycles. The van der Waals surface area contributed by atoms with Crippen LogP contribution in [0.15, 0.2) is 24.3 Å². The van der Waals surface area contributed by atoms with Gasteiger partial charge in [0.05, 0.1) is 18.9 Å². The van der Waals surface area contributed by atoms with Crippen LogP contribution < -0.4 is 15.0 Å². The fourth-order valence-corrected chi connectivity index (χ4v) is 3.59. The van der Waals surface area contributed by atoms with Gasteiger partial charge in [0.2, 0.25) is 11.8 Å². The largest absolute Gasteiger partial charge is 0.495 e. The van der Waals surface area contributed by atoms with Crippen LogP contribution in [-0.2, 0) is 14.3 Å². The number of hydrogen-bond donors (Lipinski definition) is 1. The highest BCUT2D eigenvalue weighted by atomic mass is 16.5. The molecule has 3 rings (SSSR count). The van der Waals surface area contributed by atoms with E-state index in [4.69, 9.17) is 9.47 Å². The number of piperazine rings is 1. The van der Waals surface area contributed by atoms with Crippen LogP contribution in [0.5, 0.6) is 5.75 Å². The van der Waals surface area contributed by atoms with Crippen LogP contribution in [0.1, 0.15) is 25.7 Å². The number of carbonyl (C=O) groups is 2. The number of rotatable bonds is 7. The first-order valence-electron chi connectivity index (χ1n) is 9.71. The third-order valence-corrected chi connectivity index (χ3v) is 5.18. The molecule has 2 heterocycles. The predicted molar refractivity (Wildman–Crippen MR) is 103 cm³/mol. The summed E-state index contributed by atoms with van der Waals surface area (Å²) in [5.74, 6) is 0.814. The SMILES string of the molecule is COc1ccccc1N1CCN(C(=O)CCC(=O)NC[C@@H]2CCCO2)CC1. The molecule has 7 nitrogen and oxygen atoms in total. The first-order valence-corrected chi connectivity index (χ1v) is 9.71. The maximum absolute atomic E-state index is 12.4. The van der Waals surface area contributed by atoms with Crippen LogP contribution in [0, 0.1) is 0 Å². The van der Waals surface area contributed by atoms with E-state index in [2.05, 4.69) is 10.2 Å². The van der Waals surface area contributed by atoms with Gasteiger partial charge < -0.3 is 24.6 Å². The molecule has 0 spiro atoms. The molecule has 0 bridgehead atoms. The monoisotopic (exact) mass is 375 g/mol. The fraction of sp³-hybridized carbons (Fsp3) is 0.600. The number of para-hydroxylation sites is 2. The van der Waals surface area contributed by atoms with Gasteiger partial charge in [-0.2, -0.15) is 0 Å². The molecule has 0 radical (unpaired) electrons. The summed E-state index contributed by atoms with van der Waals surface area (Å²) in [7, 11) is 1.67. The second kappa shape index (κ2) is 9.60. The van der Waals surface area contributed by atoms with E-state index in [1.165, 1.54) is 0 Å². The molecule has 0 unspecified atom stereocenters. The number of methoxy groups -OCH3 is 1. The second-order valence-electron chi connectivity index (χ2n) is 6.98. The molecule has 2 fully saturated rings. The van der Waals surface area contributed by atoms with E-state index >= 15 is 0 Å². The Kier molecular flexibility index (Phi) is 6.92. The highest BCUT2D eigenvalue weighted by molar-refractivity contribution is 5.84. The summed E-state index contributed by atoms with van der Waals surface area (Å²) >= 11 is 0. The Labute approximate surface area is 160 Å². The first kappa shape index (κ1) is 19.5. The van der Waals surface area contributed by atoms with Crippen LogP contribution in [0.4, 0.5) is 5.69 Å². The van der Waals surface area contributed by atoms with Gasteiger partial charge in [-0.1, -0.05) is 12.1 Å². The Hall–Kier alpha value is -2.28. The molecule has 1 aromatic rings. The van der Waals surface area contributed by atoms with Crippen molar-refractivity contribution in [1.82, 2.24) is 10.2 Å². The molecular weight excluding hydrogens is 346 g/mol. The van der Waals surface area contributed by atoms with E-state index < -0.39 is 0 Å². The molecule has 2 aliphatic heterocycles. The van der Waals surface area contributed by atoms with E-state index in [1.807, 2.05) is 29.2 Å². The van der Waals surface area contributed by atoms with Crippen molar-refractivity contribution in [1.29, 1.82) is 0 Å². The Balaban J connectivity index is 1.38. The molecule has 1 atom stereocenters. The second-order valence-corrected chi connectivity index (χ2v) is 6.98. The average Bonchev–Trinajstić information content (AvgIpc) is 3.24. The summed E-state index contributed by atoms with van der Waals surface area (Å²) in [5, 5.41) is 2.87. The number of benzene rings is 1. The van der Waals surface area contributed by atoms with Crippen molar-refractivity contribution < 1.29 is 19.1 Å². The summed E-state index contributed by atoms with van der Waals surface area (Å²) in [6, 6.07) is 7.92. The highest BCUT2D eigenvalue weighted by Gasteiger charge is 2.23. The minimum Gasteiger partial charge on any atom is -0.495 e. The fourth-order valence-electron chi connectivity index (χ4n) is 3.59. The number of amides is 2. The van der Waals surface area contributed by atoms with E-state index in [1.54, 1.807) is 7.11 Å². The Morgan fingerprint density at radius 1 is 1.19 bits per heavy atom. The van der Waals surface area contributed by atoms with E-state index in [0.29, 0.717) is 19.6 Å². The lowest BCUT2D eigenvalue weighted by Crippen LogP contribution is -2.49. The predicted octanol–water partition coefficient (Wildman–Crippen LogP) is 1.42. The molecule has 0 aliphatic carbocycles. The van der Waals surface area contributed by atoms with Crippen LogP contribution in [0.2, 0.25) is 0 Å². The standard InChI is InChI=1S/C20H29N3O4/c1-26-18-7-3-2-6-17(18)22-10-12-23(13-11-22)20(25)9-8-19(24)21-15-16-5-4-14-27-16/h2-3,6-7,16H,4-5,8-15H2,1H3,(H,21,24)/t16-/m0/s1. The van der Waals surface area contributed by atoms with E-state index in [9.17, 15) is 9.59 Å². The number of hydrogen-bond acceptors (Lipinski definition) is 5. The number of carbonyl (C=O) groups excluding carboxylic acids is 2. The quantitative estimate of drug-likeness (QED) is 0.780. The molecule has 148 valence electrons. The lowest BCUT2D eigenvalue weighted by molar-refractivity contribution is -0.133. The van der Waals surface area contributed by atoms with Crippen LogP contribution >= 0.6 is 0 Å². The number of nitrogens with one attached hydrogen (secondary N) is 1. The Morgan fingerprint density at radius 2 is 1.96 bits per heavy atom. The van der Waals surface area contributed by atoms with Crippen molar-refractivity contribution in [3.63, 3.8) is 0 Å². The Bertz CT molecular complexity index is 638. The van der Waals surface area contributed by atoms with Gasteiger partial charge in [0.1, 0.15) is 5.75 Å². The molecule has 1 aromatic carbocycles. The lowest BCUT2D eigenvalue weighted by atomic mass is 10.2. The van der Waals surface area contributed by atoms with E-state index in [-0.39, 0.29) is 30.8 Å². The molecule has 7 heteroatoms. The molecule has 2 saturated heterocycles. The summed E-state index contributed by atoms with van der Waals surface area (Å²) in [6.07, 6.45) is 2.67. The maximum atomic E-state index is 12.4. The molecule has 0 aromatic heterocycles. The van der Waals surface area contributed by atoms with Gasteiger partial charge in [0.15, 0.2) is 0 Å². The Morgan fingerprint density at radius 3 is 2.67 bits per heavy atom. The molecule has 2 amide bonds. The summed E-state index contributed by atoms with van der Waals surface area (Å²) in [6.45, 7) is 4.17. The van der Waals surface area contributed by atoms with Crippen molar-refractivity contribution in [3.8, 4) is 5.75 Å². The highest BCUT2D eigenvalue weighted by Crippen LogP contribution is 2.28. The minimum absolute atomic E-state index is 0.0435. The number of nitrogens with zero attached hydrogens (tertiary/aromatic N) is 2. The van der Waals surface area contributed by atoms with Crippen molar-refractivity contribution in [2.24, 2.45) is 0 Å². The summed E-state index contributed by atoms with van der Waals surface area (Å²) in [4.78, 5) is 28.4. The van der Waals surface area contributed by atoms with Gasteiger partial charge in [-0.25, -0.2) is 0 Å². The molecule has 1 N–H and O–H groups in total. The number of ether oxygens (including phenoxy) is 2. The van der Waals surface area contributed by atoms with Gasteiger partial charge in [-0.15, -0.1) is 0 Å². The van der Waals surface area contributed by atoms with E-state index in [0.717, 1.165) is 44.0 Å². The first-order chi connectivity index (χ1) is 13.2. The zero-order chi connectivity index (χ0) is 19.1. The zero-order valence-corrected chi connectivity index (χ0v) is 16.0. The van der Waals surface area contributed by atoms with Crippen molar-refractivity contribution >= 4 is 17.5 Å². The van der Waals surface area contributed by atoms with Crippen LogP contribution in [0.3, 0.4) is 0 Å². The molecule has 27 heavy (non-hydrogen) atoms. The number of anilines is 1.